The van der Waals surface area contributed by atoms with Gasteiger partial charge in [0.15, 0.2) is 0 Å². The summed E-state index contributed by atoms with van der Waals surface area (Å²) < 4.78 is 4.92. The third-order valence-electron chi connectivity index (χ3n) is 5.03. The number of H-pyrrole nitrogens is 1. The van der Waals surface area contributed by atoms with Crippen LogP contribution in [0.4, 0.5) is 0 Å². The number of methoxy groups -OCH3 is 1. The van der Waals surface area contributed by atoms with Gasteiger partial charge in [0.2, 0.25) is 0 Å². The molecule has 1 aliphatic rings. The lowest BCUT2D eigenvalue weighted by Gasteiger charge is -2.17. The maximum absolute atomic E-state index is 12.3. The summed E-state index contributed by atoms with van der Waals surface area (Å²) in [6.45, 7) is -1.37. The molecule has 1 aromatic carbocycles. The number of carbonyl (C=O) groups is 1. The van der Waals surface area contributed by atoms with E-state index >= 15 is 0 Å². The van der Waals surface area contributed by atoms with Gasteiger partial charge in [-0.1, -0.05) is 12.1 Å². The Morgan fingerprint density at radius 2 is 1.89 bits per heavy atom. The fraction of sp³-hybridized carbons (Fsp3) is 0.400. The van der Waals surface area contributed by atoms with Crippen LogP contribution >= 0.6 is 0 Å². The summed E-state index contributed by atoms with van der Waals surface area (Å²) in [5.41, 5.74) is 4.38. The molecule has 0 aliphatic heterocycles. The largest absolute Gasteiger partial charge is 0.464 e. The standard InChI is InChI=1S/C20H24N2O6/c1-28-20(27)19-17(11-2-3-11)18(16(22-19)6-21-10-26)13-5-4-12(7-23)14(8-24)15(13)9-25/h4-6,11,22-26H,2-3,7-10H2,1H3/b21-6+. The number of hydrogen-bond acceptors (Lipinski definition) is 7. The second-order valence-electron chi connectivity index (χ2n) is 6.62. The summed E-state index contributed by atoms with van der Waals surface area (Å²) >= 11 is 0. The number of hydrogen-bond donors (Lipinski definition) is 5. The van der Waals surface area contributed by atoms with Crippen molar-refractivity contribution in [3.05, 3.63) is 45.8 Å². The zero-order chi connectivity index (χ0) is 20.3. The van der Waals surface area contributed by atoms with Gasteiger partial charge in [-0.25, -0.2) is 4.79 Å². The topological polar surface area (TPSA) is 135 Å². The van der Waals surface area contributed by atoms with Crippen LogP contribution in [0.25, 0.3) is 11.1 Å². The Labute approximate surface area is 162 Å². The van der Waals surface area contributed by atoms with Crippen LogP contribution in [0.5, 0.6) is 0 Å². The molecule has 8 heteroatoms. The normalized spacial score (nSPS) is 14.0. The number of ether oxygens (including phenoxy) is 1. The lowest BCUT2D eigenvalue weighted by Crippen LogP contribution is -2.06. The fourth-order valence-electron chi connectivity index (χ4n) is 3.60. The van der Waals surface area contributed by atoms with Gasteiger partial charge in [0.05, 0.1) is 32.6 Å². The number of esters is 1. The molecule has 0 bridgehead atoms. The Morgan fingerprint density at radius 1 is 1.18 bits per heavy atom. The molecule has 0 unspecified atom stereocenters. The predicted octanol–water partition coefficient (Wildman–Crippen LogP) is 1.19. The van der Waals surface area contributed by atoms with Crippen molar-refractivity contribution in [2.45, 2.75) is 38.6 Å². The highest BCUT2D eigenvalue weighted by Gasteiger charge is 2.35. The number of rotatable bonds is 8. The van der Waals surface area contributed by atoms with Crippen LogP contribution in [-0.2, 0) is 24.6 Å². The molecular weight excluding hydrogens is 364 g/mol. The molecule has 0 radical (unpaired) electrons. The Hall–Kier alpha value is -2.52. The van der Waals surface area contributed by atoms with Crippen molar-refractivity contribution in [3.63, 3.8) is 0 Å². The number of carbonyl (C=O) groups excluding carboxylic acids is 1. The lowest BCUT2D eigenvalue weighted by molar-refractivity contribution is 0.0593. The average molecular weight is 388 g/mol. The van der Waals surface area contributed by atoms with Gasteiger partial charge in [-0.05, 0) is 46.6 Å². The summed E-state index contributed by atoms with van der Waals surface area (Å²) in [6, 6.07) is 3.44. The Kier molecular flexibility index (Phi) is 6.25. The Balaban J connectivity index is 2.33. The molecule has 1 heterocycles. The minimum Gasteiger partial charge on any atom is -0.464 e. The van der Waals surface area contributed by atoms with E-state index in [-0.39, 0.29) is 25.7 Å². The number of benzene rings is 1. The number of aromatic amines is 1. The minimum absolute atomic E-state index is 0.165. The van der Waals surface area contributed by atoms with Crippen LogP contribution in [-0.4, -0.2) is 51.4 Å². The number of nitrogens with zero attached hydrogens (tertiary/aromatic N) is 1. The van der Waals surface area contributed by atoms with Crippen molar-refractivity contribution in [3.8, 4) is 11.1 Å². The number of aromatic nitrogens is 1. The molecule has 2 aromatic rings. The van der Waals surface area contributed by atoms with Crippen LogP contribution in [0.1, 0.15) is 57.2 Å². The molecule has 0 amide bonds. The van der Waals surface area contributed by atoms with E-state index < -0.39 is 12.7 Å². The van der Waals surface area contributed by atoms with E-state index in [0.29, 0.717) is 39.2 Å². The first-order chi connectivity index (χ1) is 13.6. The van der Waals surface area contributed by atoms with Gasteiger partial charge in [-0.3, -0.25) is 4.99 Å². The predicted molar refractivity (Wildman–Crippen MR) is 102 cm³/mol. The summed E-state index contributed by atoms with van der Waals surface area (Å²) in [5, 5.41) is 38.5. The van der Waals surface area contributed by atoms with E-state index in [2.05, 4.69) is 9.98 Å². The number of aliphatic imine (C=N–C) groups is 1. The molecule has 3 rings (SSSR count). The van der Waals surface area contributed by atoms with E-state index in [1.807, 2.05) is 0 Å². The Morgan fingerprint density at radius 3 is 2.43 bits per heavy atom. The Bertz CT molecular complexity index is 899. The van der Waals surface area contributed by atoms with Crippen molar-refractivity contribution < 1.29 is 30.0 Å². The van der Waals surface area contributed by atoms with E-state index in [4.69, 9.17) is 9.84 Å². The fourth-order valence-corrected chi connectivity index (χ4v) is 3.60. The maximum Gasteiger partial charge on any atom is 0.354 e. The van der Waals surface area contributed by atoms with Crippen molar-refractivity contribution in [2.75, 3.05) is 13.8 Å². The van der Waals surface area contributed by atoms with Crippen molar-refractivity contribution in [2.24, 2.45) is 4.99 Å². The summed E-state index contributed by atoms with van der Waals surface area (Å²) in [4.78, 5) is 19.3. The third-order valence-corrected chi connectivity index (χ3v) is 5.03. The van der Waals surface area contributed by atoms with Gasteiger partial charge in [-0.2, -0.15) is 0 Å². The van der Waals surface area contributed by atoms with Crippen LogP contribution in [0.3, 0.4) is 0 Å². The van der Waals surface area contributed by atoms with E-state index in [0.717, 1.165) is 18.4 Å². The lowest BCUT2D eigenvalue weighted by atomic mass is 9.89. The second-order valence-corrected chi connectivity index (χ2v) is 6.62. The zero-order valence-corrected chi connectivity index (χ0v) is 15.6. The highest BCUT2D eigenvalue weighted by molar-refractivity contribution is 5.99. The molecule has 28 heavy (non-hydrogen) atoms. The first-order valence-electron chi connectivity index (χ1n) is 9.02. The van der Waals surface area contributed by atoms with Gasteiger partial charge in [0.25, 0.3) is 0 Å². The van der Waals surface area contributed by atoms with Crippen molar-refractivity contribution in [1.82, 2.24) is 4.98 Å². The van der Waals surface area contributed by atoms with Crippen LogP contribution < -0.4 is 0 Å². The van der Waals surface area contributed by atoms with Gasteiger partial charge in [-0.15, -0.1) is 0 Å². The number of aliphatic hydroxyl groups is 4. The molecule has 150 valence electrons. The molecule has 8 nitrogen and oxygen atoms in total. The molecule has 1 fully saturated rings. The number of aliphatic hydroxyl groups excluding tert-OH is 4. The molecule has 5 N–H and O–H groups in total. The van der Waals surface area contributed by atoms with Gasteiger partial charge in [0.1, 0.15) is 12.4 Å². The van der Waals surface area contributed by atoms with Crippen molar-refractivity contribution >= 4 is 12.2 Å². The minimum atomic E-state index is -0.508. The third kappa shape index (κ3) is 3.59. The van der Waals surface area contributed by atoms with Gasteiger partial charge < -0.3 is 30.1 Å². The van der Waals surface area contributed by atoms with Gasteiger partial charge in [0, 0.05) is 11.8 Å². The molecule has 1 aliphatic carbocycles. The quantitative estimate of drug-likeness (QED) is 0.340. The zero-order valence-electron chi connectivity index (χ0n) is 15.6. The molecular formula is C20H24N2O6. The van der Waals surface area contributed by atoms with Crippen LogP contribution in [0.15, 0.2) is 17.1 Å². The highest BCUT2D eigenvalue weighted by Crippen LogP contribution is 2.48. The first kappa shape index (κ1) is 20.2. The molecule has 0 spiro atoms. The molecule has 0 atom stereocenters. The van der Waals surface area contributed by atoms with Crippen molar-refractivity contribution in [1.29, 1.82) is 0 Å². The summed E-state index contributed by atoms with van der Waals surface area (Å²) in [7, 11) is 1.31. The molecule has 1 aromatic heterocycles. The second kappa shape index (κ2) is 8.66. The number of nitrogens with one attached hydrogen (secondary N) is 1. The average Bonchev–Trinajstić information content (AvgIpc) is 3.50. The van der Waals surface area contributed by atoms with E-state index in [1.54, 1.807) is 12.1 Å². The van der Waals surface area contributed by atoms with Crippen LogP contribution in [0, 0.1) is 0 Å². The summed E-state index contributed by atoms with van der Waals surface area (Å²) in [5.74, 6) is -0.343. The monoisotopic (exact) mass is 388 g/mol. The van der Waals surface area contributed by atoms with E-state index in [9.17, 15) is 20.1 Å². The molecule has 0 saturated heterocycles. The van der Waals surface area contributed by atoms with Crippen LogP contribution in [0.2, 0.25) is 0 Å². The molecule has 1 saturated carbocycles. The SMILES string of the molecule is COC(=O)c1[nH]c(/C=N/CO)c(-c2ccc(CO)c(CO)c2CO)c1C1CC1. The highest BCUT2D eigenvalue weighted by atomic mass is 16.5. The van der Waals surface area contributed by atoms with Gasteiger partial charge >= 0.3 is 5.97 Å². The summed E-state index contributed by atoms with van der Waals surface area (Å²) in [6.07, 6.45) is 3.27. The smallest absolute Gasteiger partial charge is 0.354 e. The maximum atomic E-state index is 12.3. The van der Waals surface area contributed by atoms with E-state index in [1.165, 1.54) is 13.3 Å². The first-order valence-corrected chi connectivity index (χ1v) is 9.02.